The van der Waals surface area contributed by atoms with Gasteiger partial charge in [-0.25, -0.2) is 4.79 Å². The first-order valence-corrected chi connectivity index (χ1v) is 6.09. The predicted octanol–water partition coefficient (Wildman–Crippen LogP) is 2.27. The number of amides is 1. The van der Waals surface area contributed by atoms with Crippen LogP contribution in [0.2, 0.25) is 0 Å². The van der Waals surface area contributed by atoms with Crippen molar-refractivity contribution < 1.29 is 14.7 Å². The molecule has 1 amide bonds. The molecule has 1 aromatic heterocycles. The van der Waals surface area contributed by atoms with Crippen molar-refractivity contribution in [2.75, 3.05) is 5.32 Å². The normalized spacial score (nSPS) is 10.1. The Balaban J connectivity index is 2.11. The molecule has 0 unspecified atom stereocenters. The lowest BCUT2D eigenvalue weighted by molar-refractivity contribution is -0.115. The Morgan fingerprint density at radius 3 is 2.80 bits per heavy atom. The number of carbonyl (C=O) groups is 2. The number of nitrogens with one attached hydrogen (secondary N) is 1. The summed E-state index contributed by atoms with van der Waals surface area (Å²) in [5, 5.41) is 11.6. The molecule has 0 saturated heterocycles. The molecular formula is C15H14N2O3. The van der Waals surface area contributed by atoms with Gasteiger partial charge in [-0.1, -0.05) is 29.8 Å². The molecule has 0 radical (unpaired) electrons. The van der Waals surface area contributed by atoms with Crippen LogP contribution in [0.1, 0.15) is 21.5 Å². The average molecular weight is 270 g/mol. The minimum absolute atomic E-state index is 0.0255. The molecule has 2 aromatic rings. The van der Waals surface area contributed by atoms with Crippen LogP contribution in [0.25, 0.3) is 0 Å². The van der Waals surface area contributed by atoms with Gasteiger partial charge in [0.25, 0.3) is 0 Å². The van der Waals surface area contributed by atoms with Crippen molar-refractivity contribution in [2.45, 2.75) is 13.3 Å². The number of benzene rings is 1. The van der Waals surface area contributed by atoms with E-state index in [0.717, 1.165) is 11.1 Å². The van der Waals surface area contributed by atoms with Crippen molar-refractivity contribution in [1.29, 1.82) is 0 Å². The predicted molar refractivity (Wildman–Crippen MR) is 74.7 cm³/mol. The Bertz CT molecular complexity index is 653. The zero-order chi connectivity index (χ0) is 14.5. The highest BCUT2D eigenvalue weighted by atomic mass is 16.4. The van der Waals surface area contributed by atoms with E-state index >= 15 is 0 Å². The van der Waals surface area contributed by atoms with Crippen LogP contribution in [0, 0.1) is 6.92 Å². The van der Waals surface area contributed by atoms with Crippen LogP contribution >= 0.6 is 0 Å². The van der Waals surface area contributed by atoms with Gasteiger partial charge in [0.05, 0.1) is 23.9 Å². The third-order valence-corrected chi connectivity index (χ3v) is 2.77. The molecule has 0 saturated carbocycles. The molecule has 1 aromatic carbocycles. The summed E-state index contributed by atoms with van der Waals surface area (Å²) in [7, 11) is 0. The van der Waals surface area contributed by atoms with E-state index < -0.39 is 5.97 Å². The van der Waals surface area contributed by atoms with E-state index in [9.17, 15) is 9.59 Å². The number of aryl methyl sites for hydroxylation is 1. The number of carboxylic acids is 1. The van der Waals surface area contributed by atoms with E-state index in [2.05, 4.69) is 10.3 Å². The van der Waals surface area contributed by atoms with Gasteiger partial charge < -0.3 is 10.4 Å². The Morgan fingerprint density at radius 2 is 2.10 bits per heavy atom. The molecule has 2 N–H and O–H groups in total. The molecule has 5 nitrogen and oxygen atoms in total. The number of carboxylic acid groups (broad SMARTS) is 1. The molecule has 20 heavy (non-hydrogen) atoms. The van der Waals surface area contributed by atoms with Crippen LogP contribution in [-0.4, -0.2) is 22.0 Å². The molecule has 0 atom stereocenters. The Kier molecular flexibility index (Phi) is 4.10. The van der Waals surface area contributed by atoms with E-state index in [-0.39, 0.29) is 23.6 Å². The summed E-state index contributed by atoms with van der Waals surface area (Å²) in [6.07, 6.45) is 2.90. The fourth-order valence-electron chi connectivity index (χ4n) is 1.88. The number of rotatable bonds is 4. The van der Waals surface area contributed by atoms with E-state index in [1.54, 1.807) is 0 Å². The maximum absolute atomic E-state index is 11.9. The SMILES string of the molecule is Cc1cccc(CC(=O)Nc2cnccc2C(=O)O)c1. The van der Waals surface area contributed by atoms with Crippen LogP contribution in [0.4, 0.5) is 5.69 Å². The zero-order valence-electron chi connectivity index (χ0n) is 11.0. The summed E-state index contributed by atoms with van der Waals surface area (Å²) < 4.78 is 0. The molecule has 1 heterocycles. The highest BCUT2D eigenvalue weighted by molar-refractivity contribution is 6.00. The third-order valence-electron chi connectivity index (χ3n) is 2.77. The van der Waals surface area contributed by atoms with Crippen LogP contribution in [0.3, 0.4) is 0 Å². The quantitative estimate of drug-likeness (QED) is 0.893. The Labute approximate surface area is 116 Å². The molecule has 0 aliphatic heterocycles. The number of aromatic carboxylic acids is 1. The minimum atomic E-state index is -1.10. The van der Waals surface area contributed by atoms with Gasteiger partial charge in [-0.05, 0) is 18.6 Å². The molecule has 5 heteroatoms. The molecule has 0 aliphatic rings. The average Bonchev–Trinajstić information content (AvgIpc) is 2.38. The molecule has 2 rings (SSSR count). The highest BCUT2D eigenvalue weighted by Crippen LogP contribution is 2.14. The molecule has 0 aliphatic carbocycles. The Hall–Kier alpha value is -2.69. The summed E-state index contributed by atoms with van der Waals surface area (Å²) >= 11 is 0. The molecule has 0 fully saturated rings. The van der Waals surface area contributed by atoms with Gasteiger partial charge in [-0.2, -0.15) is 0 Å². The smallest absolute Gasteiger partial charge is 0.337 e. The first-order valence-electron chi connectivity index (χ1n) is 6.09. The van der Waals surface area contributed by atoms with Crippen LogP contribution < -0.4 is 5.32 Å². The third kappa shape index (κ3) is 3.41. The van der Waals surface area contributed by atoms with E-state index in [4.69, 9.17) is 5.11 Å². The van der Waals surface area contributed by atoms with E-state index in [1.807, 2.05) is 31.2 Å². The fourth-order valence-corrected chi connectivity index (χ4v) is 1.88. The van der Waals surface area contributed by atoms with Crippen LogP contribution in [-0.2, 0) is 11.2 Å². The first-order chi connectivity index (χ1) is 9.56. The summed E-state index contributed by atoms with van der Waals surface area (Å²) in [4.78, 5) is 26.8. The van der Waals surface area contributed by atoms with Crippen molar-refractivity contribution in [1.82, 2.24) is 4.98 Å². The Morgan fingerprint density at radius 1 is 1.30 bits per heavy atom. The fraction of sp³-hybridized carbons (Fsp3) is 0.133. The number of hydrogen-bond acceptors (Lipinski definition) is 3. The number of nitrogens with zero attached hydrogens (tertiary/aromatic N) is 1. The summed E-state index contributed by atoms with van der Waals surface area (Å²) in [5.74, 6) is -1.37. The van der Waals surface area contributed by atoms with Gasteiger partial charge in [-0.3, -0.25) is 9.78 Å². The van der Waals surface area contributed by atoms with Gasteiger partial charge in [-0.15, -0.1) is 0 Å². The number of pyridine rings is 1. The summed E-state index contributed by atoms with van der Waals surface area (Å²) in [5.41, 5.74) is 2.18. The number of aromatic nitrogens is 1. The monoisotopic (exact) mass is 270 g/mol. The van der Waals surface area contributed by atoms with Gasteiger partial charge in [0, 0.05) is 6.20 Å². The number of hydrogen-bond donors (Lipinski definition) is 2. The van der Waals surface area contributed by atoms with Crippen molar-refractivity contribution >= 4 is 17.6 Å². The van der Waals surface area contributed by atoms with Crippen molar-refractivity contribution in [3.63, 3.8) is 0 Å². The highest BCUT2D eigenvalue weighted by Gasteiger charge is 2.12. The van der Waals surface area contributed by atoms with Gasteiger partial charge >= 0.3 is 5.97 Å². The maximum Gasteiger partial charge on any atom is 0.337 e. The number of anilines is 1. The van der Waals surface area contributed by atoms with Gasteiger partial charge in [0.1, 0.15) is 0 Å². The maximum atomic E-state index is 11.9. The minimum Gasteiger partial charge on any atom is -0.478 e. The van der Waals surface area contributed by atoms with Gasteiger partial charge in [0.2, 0.25) is 5.91 Å². The second kappa shape index (κ2) is 5.97. The largest absolute Gasteiger partial charge is 0.478 e. The molecular weight excluding hydrogens is 256 g/mol. The summed E-state index contributed by atoms with van der Waals surface area (Å²) in [6, 6.07) is 8.95. The van der Waals surface area contributed by atoms with Crippen LogP contribution in [0.5, 0.6) is 0 Å². The second-order valence-corrected chi connectivity index (χ2v) is 4.44. The lowest BCUT2D eigenvalue weighted by Crippen LogP contribution is -2.17. The van der Waals surface area contributed by atoms with Crippen molar-refractivity contribution in [3.8, 4) is 0 Å². The standard InChI is InChI=1S/C15H14N2O3/c1-10-3-2-4-11(7-10)8-14(18)17-13-9-16-6-5-12(13)15(19)20/h2-7,9H,8H2,1H3,(H,17,18)(H,19,20). The zero-order valence-corrected chi connectivity index (χ0v) is 11.0. The molecule has 0 spiro atoms. The summed E-state index contributed by atoms with van der Waals surface area (Å²) in [6.45, 7) is 1.95. The van der Waals surface area contributed by atoms with E-state index in [0.29, 0.717) is 0 Å². The number of carbonyl (C=O) groups excluding carboxylic acids is 1. The van der Waals surface area contributed by atoms with E-state index in [1.165, 1.54) is 18.5 Å². The lowest BCUT2D eigenvalue weighted by Gasteiger charge is -2.08. The molecule has 0 bridgehead atoms. The van der Waals surface area contributed by atoms with Crippen molar-refractivity contribution in [2.24, 2.45) is 0 Å². The lowest BCUT2D eigenvalue weighted by atomic mass is 10.1. The van der Waals surface area contributed by atoms with Gasteiger partial charge in [0.15, 0.2) is 0 Å². The second-order valence-electron chi connectivity index (χ2n) is 4.44. The topological polar surface area (TPSA) is 79.3 Å². The first kappa shape index (κ1) is 13.7. The van der Waals surface area contributed by atoms with Crippen LogP contribution in [0.15, 0.2) is 42.7 Å². The molecule has 102 valence electrons. The van der Waals surface area contributed by atoms with Crippen molar-refractivity contribution in [3.05, 3.63) is 59.4 Å².